The molecule has 1 aliphatic carbocycles. The number of phenols is 1. The van der Waals surface area contributed by atoms with Crippen LogP contribution in [-0.4, -0.2) is 25.6 Å². The average molecular weight is 299 g/mol. The van der Waals surface area contributed by atoms with Gasteiger partial charge in [-0.05, 0) is 31.0 Å². The van der Waals surface area contributed by atoms with Crippen LogP contribution in [0.3, 0.4) is 0 Å². The third-order valence-electron chi connectivity index (χ3n) is 3.24. The van der Waals surface area contributed by atoms with Crippen LogP contribution < -0.4 is 15.8 Å². The Balaban J connectivity index is 2.09. The van der Waals surface area contributed by atoms with Crippen molar-refractivity contribution in [2.75, 3.05) is 5.32 Å². The molecule has 110 valence electrons. The van der Waals surface area contributed by atoms with Gasteiger partial charge < -0.3 is 15.7 Å². The molecule has 1 saturated carbocycles. The summed E-state index contributed by atoms with van der Waals surface area (Å²) in [5, 5.41) is 19.8. The zero-order valence-electron chi connectivity index (χ0n) is 10.8. The number of carbonyl (C=O) groups excluding carboxylic acids is 1. The van der Waals surface area contributed by atoms with Gasteiger partial charge in [-0.1, -0.05) is 12.8 Å². The lowest BCUT2D eigenvalue weighted by molar-refractivity contribution is 0.248. The molecule has 0 aromatic heterocycles. The molecule has 2 rings (SSSR count). The van der Waals surface area contributed by atoms with Gasteiger partial charge in [0.25, 0.3) is 0 Å². The lowest BCUT2D eigenvalue weighted by Gasteiger charge is -2.14. The van der Waals surface area contributed by atoms with E-state index in [-0.39, 0.29) is 22.4 Å². The number of anilines is 1. The fourth-order valence-electron chi connectivity index (χ4n) is 2.21. The molecule has 8 heteroatoms. The number of hydrogen-bond acceptors (Lipinski definition) is 4. The van der Waals surface area contributed by atoms with Crippen molar-refractivity contribution in [1.29, 1.82) is 0 Å². The largest absolute Gasteiger partial charge is 0.506 e. The van der Waals surface area contributed by atoms with Crippen LogP contribution in [0.1, 0.15) is 25.7 Å². The van der Waals surface area contributed by atoms with E-state index in [2.05, 4.69) is 10.6 Å². The fourth-order valence-corrected chi connectivity index (χ4v) is 2.75. The summed E-state index contributed by atoms with van der Waals surface area (Å²) in [6.45, 7) is 0. The van der Waals surface area contributed by atoms with Crippen molar-refractivity contribution >= 4 is 21.7 Å². The number of primary sulfonamides is 1. The van der Waals surface area contributed by atoms with Crippen LogP contribution >= 0.6 is 0 Å². The van der Waals surface area contributed by atoms with E-state index in [0.29, 0.717) is 0 Å². The van der Waals surface area contributed by atoms with E-state index >= 15 is 0 Å². The molecular formula is C12H17N3O4S. The van der Waals surface area contributed by atoms with Crippen molar-refractivity contribution in [2.45, 2.75) is 36.6 Å². The van der Waals surface area contributed by atoms with E-state index in [4.69, 9.17) is 5.14 Å². The lowest BCUT2D eigenvalue weighted by atomic mass is 10.2. The first-order chi connectivity index (χ1) is 9.36. The van der Waals surface area contributed by atoms with Crippen LogP contribution in [0.25, 0.3) is 0 Å². The standard InChI is InChI=1S/C12H17N3O4S/c13-20(18,19)9-5-6-11(16)10(7-9)15-12(17)14-8-3-1-2-4-8/h5-8,16H,1-4H2,(H2,13,18,19)(H2,14,15,17). The Labute approximate surface area is 117 Å². The highest BCUT2D eigenvalue weighted by Gasteiger charge is 2.18. The predicted octanol–water partition coefficient (Wildman–Crippen LogP) is 1.10. The zero-order chi connectivity index (χ0) is 14.8. The van der Waals surface area contributed by atoms with E-state index in [9.17, 15) is 18.3 Å². The average Bonchev–Trinajstić information content (AvgIpc) is 2.83. The number of aromatic hydroxyl groups is 1. The highest BCUT2D eigenvalue weighted by molar-refractivity contribution is 7.89. The Kier molecular flexibility index (Phi) is 4.15. The third-order valence-corrected chi connectivity index (χ3v) is 4.15. The molecule has 2 amide bonds. The second-order valence-electron chi connectivity index (χ2n) is 4.80. The Morgan fingerprint density at radius 2 is 1.95 bits per heavy atom. The Bertz CT molecular complexity index is 609. The number of nitrogens with two attached hydrogens (primary N) is 1. The minimum Gasteiger partial charge on any atom is -0.506 e. The van der Waals surface area contributed by atoms with Gasteiger partial charge >= 0.3 is 6.03 Å². The molecule has 7 nitrogen and oxygen atoms in total. The fraction of sp³-hybridized carbons (Fsp3) is 0.417. The highest BCUT2D eigenvalue weighted by Crippen LogP contribution is 2.26. The number of benzene rings is 1. The molecule has 0 unspecified atom stereocenters. The van der Waals surface area contributed by atoms with Crippen molar-refractivity contribution in [3.8, 4) is 5.75 Å². The third kappa shape index (κ3) is 3.61. The normalized spacial score (nSPS) is 16.1. The van der Waals surface area contributed by atoms with Gasteiger partial charge in [-0.15, -0.1) is 0 Å². The van der Waals surface area contributed by atoms with Gasteiger partial charge in [0.2, 0.25) is 10.0 Å². The number of carbonyl (C=O) groups is 1. The summed E-state index contributed by atoms with van der Waals surface area (Å²) in [5.74, 6) is -0.223. The summed E-state index contributed by atoms with van der Waals surface area (Å²) >= 11 is 0. The molecule has 1 aromatic rings. The summed E-state index contributed by atoms with van der Waals surface area (Å²) in [7, 11) is -3.88. The number of rotatable bonds is 3. The van der Waals surface area contributed by atoms with E-state index in [0.717, 1.165) is 31.7 Å². The second-order valence-corrected chi connectivity index (χ2v) is 6.37. The highest BCUT2D eigenvalue weighted by atomic mass is 32.2. The van der Waals surface area contributed by atoms with Crippen molar-refractivity contribution in [1.82, 2.24) is 5.32 Å². The minimum absolute atomic E-state index is 0.00650. The number of sulfonamides is 1. The maximum atomic E-state index is 11.8. The van der Waals surface area contributed by atoms with Gasteiger partial charge in [-0.3, -0.25) is 0 Å². The molecule has 0 saturated heterocycles. The quantitative estimate of drug-likeness (QED) is 0.624. The summed E-state index contributed by atoms with van der Waals surface area (Å²) in [6.07, 6.45) is 4.02. The van der Waals surface area contributed by atoms with Crippen molar-refractivity contribution in [3.63, 3.8) is 0 Å². The van der Waals surface area contributed by atoms with Crippen molar-refractivity contribution in [3.05, 3.63) is 18.2 Å². The molecule has 0 atom stereocenters. The molecule has 0 aliphatic heterocycles. The molecule has 0 radical (unpaired) electrons. The van der Waals surface area contributed by atoms with Gasteiger partial charge in [-0.25, -0.2) is 18.4 Å². The van der Waals surface area contributed by atoms with Gasteiger partial charge in [-0.2, -0.15) is 0 Å². The molecular weight excluding hydrogens is 282 g/mol. The molecule has 5 N–H and O–H groups in total. The van der Waals surface area contributed by atoms with Crippen molar-refractivity contribution < 1.29 is 18.3 Å². The second kappa shape index (κ2) is 5.68. The van der Waals surface area contributed by atoms with Crippen LogP contribution in [0.2, 0.25) is 0 Å². The number of nitrogens with one attached hydrogen (secondary N) is 2. The van der Waals surface area contributed by atoms with E-state index < -0.39 is 16.1 Å². The molecule has 1 aliphatic rings. The molecule has 0 spiro atoms. The van der Waals surface area contributed by atoms with E-state index in [1.165, 1.54) is 12.1 Å². The molecule has 1 aromatic carbocycles. The SMILES string of the molecule is NS(=O)(=O)c1ccc(O)c(NC(=O)NC2CCCC2)c1. The summed E-state index contributed by atoms with van der Waals surface area (Å²) < 4.78 is 22.5. The number of phenolic OH excluding ortho intramolecular Hbond substituents is 1. The molecule has 0 bridgehead atoms. The first-order valence-corrected chi connectivity index (χ1v) is 7.84. The van der Waals surface area contributed by atoms with E-state index in [1.54, 1.807) is 0 Å². The molecule has 1 fully saturated rings. The number of amides is 2. The van der Waals surface area contributed by atoms with Crippen LogP contribution in [0, 0.1) is 0 Å². The lowest BCUT2D eigenvalue weighted by Crippen LogP contribution is -2.36. The van der Waals surface area contributed by atoms with Crippen LogP contribution in [0.5, 0.6) is 5.75 Å². The van der Waals surface area contributed by atoms with Crippen molar-refractivity contribution in [2.24, 2.45) is 5.14 Å². The monoisotopic (exact) mass is 299 g/mol. The molecule has 20 heavy (non-hydrogen) atoms. The Morgan fingerprint density at radius 1 is 1.30 bits per heavy atom. The first-order valence-electron chi connectivity index (χ1n) is 6.29. The summed E-state index contributed by atoms with van der Waals surface area (Å²) in [5.41, 5.74) is 0.00650. The number of urea groups is 1. The number of hydrogen-bond donors (Lipinski definition) is 4. The smallest absolute Gasteiger partial charge is 0.319 e. The predicted molar refractivity (Wildman–Crippen MR) is 73.9 cm³/mol. The Hall–Kier alpha value is -1.80. The van der Waals surface area contributed by atoms with Gasteiger partial charge in [0.1, 0.15) is 5.75 Å². The van der Waals surface area contributed by atoms with Gasteiger partial charge in [0.15, 0.2) is 0 Å². The summed E-state index contributed by atoms with van der Waals surface area (Å²) in [4.78, 5) is 11.6. The van der Waals surface area contributed by atoms with E-state index in [1.807, 2.05) is 0 Å². The van der Waals surface area contributed by atoms with Gasteiger partial charge in [0, 0.05) is 6.04 Å². The summed E-state index contributed by atoms with van der Waals surface area (Å²) in [6, 6.07) is 3.12. The van der Waals surface area contributed by atoms with Gasteiger partial charge in [0.05, 0.1) is 10.6 Å². The minimum atomic E-state index is -3.88. The van der Waals surface area contributed by atoms with Crippen LogP contribution in [-0.2, 0) is 10.0 Å². The van der Waals surface area contributed by atoms with Crippen LogP contribution in [0.4, 0.5) is 10.5 Å². The maximum absolute atomic E-state index is 11.8. The van der Waals surface area contributed by atoms with Crippen LogP contribution in [0.15, 0.2) is 23.1 Å². The maximum Gasteiger partial charge on any atom is 0.319 e. The zero-order valence-corrected chi connectivity index (χ0v) is 11.6. The first kappa shape index (κ1) is 14.6. The molecule has 0 heterocycles. The topological polar surface area (TPSA) is 122 Å². The Morgan fingerprint density at radius 3 is 2.55 bits per heavy atom.